The molecular formula is C17H20N4O3S. The summed E-state index contributed by atoms with van der Waals surface area (Å²) in [7, 11) is 0. The summed E-state index contributed by atoms with van der Waals surface area (Å²) in [6.45, 7) is 3.81. The standard InChI is InChI=1S/C17H20N4O3S/c1-2-24-16-9-5-14(6-10-16)20-17(25)19-12-11-18-13-3-7-15(8-4-13)21(22)23/h3-10,18H,2,11-12H2,1H3,(H2,19,20,25). The zero-order valence-electron chi connectivity index (χ0n) is 13.8. The van der Waals surface area contributed by atoms with Crippen LogP contribution in [0.4, 0.5) is 17.1 Å². The first-order valence-electron chi connectivity index (χ1n) is 7.84. The number of thiocarbonyl (C=S) groups is 1. The van der Waals surface area contributed by atoms with Crippen LogP contribution in [0.3, 0.4) is 0 Å². The average molecular weight is 360 g/mol. The summed E-state index contributed by atoms with van der Waals surface area (Å²) in [6, 6.07) is 13.8. The van der Waals surface area contributed by atoms with Crippen molar-refractivity contribution >= 4 is 34.4 Å². The molecule has 2 aromatic rings. The van der Waals surface area contributed by atoms with Crippen LogP contribution in [0.25, 0.3) is 0 Å². The van der Waals surface area contributed by atoms with Crippen molar-refractivity contribution in [3.63, 3.8) is 0 Å². The Morgan fingerprint density at radius 2 is 1.72 bits per heavy atom. The van der Waals surface area contributed by atoms with Crippen LogP contribution in [0.2, 0.25) is 0 Å². The number of nitrogens with one attached hydrogen (secondary N) is 3. The Balaban J connectivity index is 1.68. The molecule has 0 saturated heterocycles. The second kappa shape index (κ2) is 9.43. The molecule has 0 spiro atoms. The van der Waals surface area contributed by atoms with Crippen LogP contribution >= 0.6 is 12.2 Å². The van der Waals surface area contributed by atoms with E-state index >= 15 is 0 Å². The maximum atomic E-state index is 10.6. The van der Waals surface area contributed by atoms with Gasteiger partial charge in [0.25, 0.3) is 5.69 Å². The number of benzene rings is 2. The van der Waals surface area contributed by atoms with Gasteiger partial charge in [0.05, 0.1) is 11.5 Å². The molecule has 25 heavy (non-hydrogen) atoms. The summed E-state index contributed by atoms with van der Waals surface area (Å²) in [4.78, 5) is 10.2. The maximum Gasteiger partial charge on any atom is 0.269 e. The van der Waals surface area contributed by atoms with Gasteiger partial charge in [-0.1, -0.05) is 0 Å². The summed E-state index contributed by atoms with van der Waals surface area (Å²) in [6.07, 6.45) is 0. The molecule has 0 radical (unpaired) electrons. The Kier molecular flexibility index (Phi) is 6.97. The molecular weight excluding hydrogens is 340 g/mol. The van der Waals surface area contributed by atoms with Crippen molar-refractivity contribution in [2.45, 2.75) is 6.92 Å². The minimum atomic E-state index is -0.420. The Morgan fingerprint density at radius 3 is 2.32 bits per heavy atom. The van der Waals surface area contributed by atoms with Gasteiger partial charge in [-0.2, -0.15) is 0 Å². The van der Waals surface area contributed by atoms with Crippen molar-refractivity contribution in [2.75, 3.05) is 30.3 Å². The lowest BCUT2D eigenvalue weighted by atomic mass is 10.3. The smallest absolute Gasteiger partial charge is 0.269 e. The topological polar surface area (TPSA) is 88.5 Å². The van der Waals surface area contributed by atoms with Crippen LogP contribution in [0.1, 0.15) is 6.92 Å². The molecule has 0 fully saturated rings. The first-order valence-corrected chi connectivity index (χ1v) is 8.25. The molecule has 2 aromatic carbocycles. The molecule has 0 unspecified atom stereocenters. The third-order valence-corrected chi connectivity index (χ3v) is 3.49. The molecule has 0 aliphatic rings. The zero-order chi connectivity index (χ0) is 18.1. The quantitative estimate of drug-likeness (QED) is 0.288. The number of hydrogen-bond donors (Lipinski definition) is 3. The lowest BCUT2D eigenvalue weighted by Crippen LogP contribution is -2.32. The van der Waals surface area contributed by atoms with Crippen LogP contribution in [0.15, 0.2) is 48.5 Å². The minimum absolute atomic E-state index is 0.0735. The van der Waals surface area contributed by atoms with Crippen LogP contribution in [-0.4, -0.2) is 29.7 Å². The summed E-state index contributed by atoms with van der Waals surface area (Å²) >= 11 is 5.24. The van der Waals surface area contributed by atoms with Crippen molar-refractivity contribution in [3.8, 4) is 5.75 Å². The van der Waals surface area contributed by atoms with E-state index in [4.69, 9.17) is 17.0 Å². The SMILES string of the molecule is CCOc1ccc(NC(=S)NCCNc2ccc([N+](=O)[O-])cc2)cc1. The third kappa shape index (κ3) is 6.27. The van der Waals surface area contributed by atoms with E-state index in [1.807, 2.05) is 31.2 Å². The highest BCUT2D eigenvalue weighted by Gasteiger charge is 2.03. The van der Waals surface area contributed by atoms with E-state index < -0.39 is 4.92 Å². The van der Waals surface area contributed by atoms with Crippen LogP contribution in [0.5, 0.6) is 5.75 Å². The molecule has 0 amide bonds. The van der Waals surface area contributed by atoms with E-state index in [0.29, 0.717) is 24.8 Å². The number of ether oxygens (including phenoxy) is 1. The third-order valence-electron chi connectivity index (χ3n) is 3.24. The molecule has 2 rings (SSSR count). The molecule has 8 heteroatoms. The molecule has 132 valence electrons. The van der Waals surface area contributed by atoms with Crippen molar-refractivity contribution < 1.29 is 9.66 Å². The lowest BCUT2D eigenvalue weighted by molar-refractivity contribution is -0.384. The second-order valence-electron chi connectivity index (χ2n) is 5.07. The molecule has 3 N–H and O–H groups in total. The highest BCUT2D eigenvalue weighted by molar-refractivity contribution is 7.80. The number of hydrogen-bond acceptors (Lipinski definition) is 5. The molecule has 0 saturated carbocycles. The van der Waals surface area contributed by atoms with Gasteiger partial charge in [-0.05, 0) is 55.5 Å². The molecule has 0 atom stereocenters. The molecule has 0 aromatic heterocycles. The molecule has 0 bridgehead atoms. The summed E-state index contributed by atoms with van der Waals surface area (Å²) in [5.74, 6) is 0.819. The summed E-state index contributed by atoms with van der Waals surface area (Å²) in [5.41, 5.74) is 1.77. The second-order valence-corrected chi connectivity index (χ2v) is 5.48. The number of nitro benzene ring substituents is 1. The Bertz CT molecular complexity index is 705. The van der Waals surface area contributed by atoms with E-state index in [9.17, 15) is 10.1 Å². The fourth-order valence-electron chi connectivity index (χ4n) is 2.06. The first-order chi connectivity index (χ1) is 12.1. The van der Waals surface area contributed by atoms with Crippen molar-refractivity contribution in [3.05, 3.63) is 58.6 Å². The average Bonchev–Trinajstić information content (AvgIpc) is 2.61. The van der Waals surface area contributed by atoms with Crippen molar-refractivity contribution in [1.82, 2.24) is 5.32 Å². The van der Waals surface area contributed by atoms with Crippen LogP contribution in [0, 0.1) is 10.1 Å². The number of nitrogens with zero attached hydrogens (tertiary/aromatic N) is 1. The van der Waals surface area contributed by atoms with Gasteiger partial charge in [-0.3, -0.25) is 10.1 Å². The zero-order valence-corrected chi connectivity index (χ0v) is 14.6. The Morgan fingerprint density at radius 1 is 1.08 bits per heavy atom. The van der Waals surface area contributed by atoms with E-state index in [-0.39, 0.29) is 5.69 Å². The highest BCUT2D eigenvalue weighted by Crippen LogP contribution is 2.16. The van der Waals surface area contributed by atoms with E-state index in [2.05, 4.69) is 16.0 Å². The summed E-state index contributed by atoms with van der Waals surface area (Å²) < 4.78 is 5.39. The van der Waals surface area contributed by atoms with Gasteiger partial charge in [-0.25, -0.2) is 0 Å². The first kappa shape index (κ1) is 18.5. The van der Waals surface area contributed by atoms with E-state index in [1.54, 1.807) is 12.1 Å². The number of rotatable bonds is 8. The van der Waals surface area contributed by atoms with Crippen LogP contribution in [-0.2, 0) is 0 Å². The fraction of sp³-hybridized carbons (Fsp3) is 0.235. The molecule has 0 aliphatic carbocycles. The monoisotopic (exact) mass is 360 g/mol. The highest BCUT2D eigenvalue weighted by atomic mass is 32.1. The predicted octanol–water partition coefficient (Wildman–Crippen LogP) is 3.39. The minimum Gasteiger partial charge on any atom is -0.494 e. The maximum absolute atomic E-state index is 10.6. The van der Waals surface area contributed by atoms with Gasteiger partial charge in [0.1, 0.15) is 5.75 Å². The lowest BCUT2D eigenvalue weighted by Gasteiger charge is -2.12. The number of non-ortho nitro benzene ring substituents is 1. The van der Waals surface area contributed by atoms with E-state index in [1.165, 1.54) is 12.1 Å². The molecule has 0 aliphatic heterocycles. The van der Waals surface area contributed by atoms with Gasteiger partial charge in [0, 0.05) is 36.6 Å². The predicted molar refractivity (Wildman–Crippen MR) is 103 cm³/mol. The largest absolute Gasteiger partial charge is 0.494 e. The Hall–Kier alpha value is -2.87. The normalized spacial score (nSPS) is 9.96. The molecule has 7 nitrogen and oxygen atoms in total. The molecule has 0 heterocycles. The van der Waals surface area contributed by atoms with Crippen LogP contribution < -0.4 is 20.7 Å². The van der Waals surface area contributed by atoms with Gasteiger partial charge in [0.15, 0.2) is 5.11 Å². The number of nitro groups is 1. The fourth-order valence-corrected chi connectivity index (χ4v) is 2.28. The van der Waals surface area contributed by atoms with Gasteiger partial charge < -0.3 is 20.7 Å². The van der Waals surface area contributed by atoms with Crippen molar-refractivity contribution in [2.24, 2.45) is 0 Å². The number of anilines is 2. The van der Waals surface area contributed by atoms with E-state index in [0.717, 1.165) is 17.1 Å². The summed E-state index contributed by atoms with van der Waals surface area (Å²) in [5, 5.41) is 20.5. The van der Waals surface area contributed by atoms with Gasteiger partial charge >= 0.3 is 0 Å². The Labute approximate surface area is 151 Å². The van der Waals surface area contributed by atoms with Crippen molar-refractivity contribution in [1.29, 1.82) is 0 Å². The van der Waals surface area contributed by atoms with Gasteiger partial charge in [-0.15, -0.1) is 0 Å². The van der Waals surface area contributed by atoms with Gasteiger partial charge in [0.2, 0.25) is 0 Å².